The third-order valence-electron chi connectivity index (χ3n) is 9.32. The lowest BCUT2D eigenvalue weighted by molar-refractivity contribution is -0.902. The standard InChI is InChI=1S/C28H44N7O2P/c1-5-33(11-12-38(3,4)37)24-8-6-7-21(15-29-24)23-16-34(17-23)27(36)35(2)18-28(19-35)13-22(14-28)26-30-25(31-32-26)20-9-10-20/h6,8,15,20,22-23,37H,5,7,9-14,16-19H2,1-4H3,(H,30,31,32)/q+2. The maximum absolute atomic E-state index is 13.4. The molecule has 0 aromatic carbocycles. The molecule has 2 amide bonds. The number of rotatable bonds is 7. The molecule has 3 aliphatic heterocycles. The summed E-state index contributed by atoms with van der Waals surface area (Å²) in [6.45, 7) is 11.2. The van der Waals surface area contributed by atoms with E-state index in [1.54, 1.807) is 0 Å². The van der Waals surface area contributed by atoms with Gasteiger partial charge in [0.1, 0.15) is 25.3 Å². The number of hydrogen-bond donors (Lipinski definition) is 2. The number of H-pyrrole nitrogens is 1. The number of amides is 2. The molecule has 10 heteroatoms. The van der Waals surface area contributed by atoms with Crippen molar-refractivity contribution in [1.82, 2.24) is 25.0 Å². The smallest absolute Gasteiger partial charge is 0.353 e. The van der Waals surface area contributed by atoms with E-state index in [1.807, 2.05) is 19.5 Å². The van der Waals surface area contributed by atoms with Crippen molar-refractivity contribution in [1.29, 1.82) is 0 Å². The van der Waals surface area contributed by atoms with Crippen LogP contribution in [0.2, 0.25) is 0 Å². The summed E-state index contributed by atoms with van der Waals surface area (Å²) < 4.78 is 0.539. The summed E-state index contributed by atoms with van der Waals surface area (Å²) >= 11 is 0. The minimum absolute atomic E-state index is 0.283. The Morgan fingerprint density at radius 3 is 2.63 bits per heavy atom. The van der Waals surface area contributed by atoms with Crippen LogP contribution in [0, 0.1) is 11.3 Å². The first-order valence-electron chi connectivity index (χ1n) is 14.4. The van der Waals surface area contributed by atoms with Crippen molar-refractivity contribution in [2.24, 2.45) is 16.3 Å². The Balaban J connectivity index is 0.984. The molecule has 1 spiro atoms. The zero-order valence-corrected chi connectivity index (χ0v) is 24.3. The molecular formula is C28H44N7O2P+2. The van der Waals surface area contributed by atoms with Gasteiger partial charge in [-0.2, -0.15) is 5.10 Å². The maximum atomic E-state index is 13.4. The molecule has 2 saturated carbocycles. The number of likely N-dealkylation sites (N-methyl/N-ethyl adjacent to an activating group) is 1. The fraction of sp³-hybridized carbons (Fsp3) is 0.714. The Kier molecular flexibility index (Phi) is 6.56. The molecule has 0 radical (unpaired) electrons. The molecular weight excluding hydrogens is 497 g/mol. The number of urea groups is 1. The molecule has 2 aliphatic carbocycles. The van der Waals surface area contributed by atoms with Gasteiger partial charge in [-0.3, -0.25) is 14.9 Å². The number of carbonyl (C=O) groups is 1. The SMILES string of the molecule is CCN(CC[P+](C)(C)O)C1=NC=C(C2CN(C(=O)[N+]3(C)CC4(CC(c5n[nH]c(C6CC6)n5)C4)C3)C2)CC=C1. The minimum atomic E-state index is -1.80. The largest absolute Gasteiger partial charge is 0.419 e. The van der Waals surface area contributed by atoms with Crippen LogP contribution in [0.5, 0.6) is 0 Å². The van der Waals surface area contributed by atoms with Gasteiger partial charge in [0.2, 0.25) is 0 Å². The highest BCUT2D eigenvalue weighted by Gasteiger charge is 2.65. The van der Waals surface area contributed by atoms with Crippen molar-refractivity contribution in [2.45, 2.75) is 50.9 Å². The molecule has 0 atom stereocenters. The second-order valence-electron chi connectivity index (χ2n) is 13.3. The number of nitrogens with zero attached hydrogens (tertiary/aromatic N) is 6. The van der Waals surface area contributed by atoms with Crippen molar-refractivity contribution in [3.63, 3.8) is 0 Å². The summed E-state index contributed by atoms with van der Waals surface area (Å²) in [6.07, 6.45) is 12.7. The summed E-state index contributed by atoms with van der Waals surface area (Å²) in [6, 6.07) is 0.283. The molecule has 9 nitrogen and oxygen atoms in total. The van der Waals surface area contributed by atoms with Crippen LogP contribution >= 0.6 is 7.49 Å². The Labute approximate surface area is 227 Å². The number of likely N-dealkylation sites (tertiary alicyclic amines) is 2. The molecule has 6 rings (SSSR count). The van der Waals surface area contributed by atoms with Crippen LogP contribution in [0.25, 0.3) is 0 Å². The molecule has 1 aromatic heterocycles. The first kappa shape index (κ1) is 26.1. The highest BCUT2D eigenvalue weighted by atomic mass is 31.2. The Morgan fingerprint density at radius 2 is 1.97 bits per heavy atom. The number of allylic oxidation sites excluding steroid dienone is 1. The van der Waals surface area contributed by atoms with Crippen molar-refractivity contribution < 1.29 is 14.2 Å². The number of hydrogen-bond acceptors (Lipinski definition) is 6. The summed E-state index contributed by atoms with van der Waals surface area (Å²) in [4.78, 5) is 37.5. The van der Waals surface area contributed by atoms with Gasteiger partial charge >= 0.3 is 6.03 Å². The van der Waals surface area contributed by atoms with Crippen LogP contribution in [0.4, 0.5) is 4.79 Å². The van der Waals surface area contributed by atoms with Crippen molar-refractivity contribution in [3.05, 3.63) is 35.6 Å². The van der Waals surface area contributed by atoms with Crippen molar-refractivity contribution >= 4 is 19.4 Å². The third kappa shape index (κ3) is 5.09. The van der Waals surface area contributed by atoms with E-state index >= 15 is 0 Å². The van der Waals surface area contributed by atoms with Gasteiger partial charge < -0.3 is 4.90 Å². The van der Waals surface area contributed by atoms with E-state index in [0.717, 1.165) is 82.2 Å². The molecule has 4 fully saturated rings. The molecule has 1 aromatic rings. The second-order valence-corrected chi connectivity index (χ2v) is 17.0. The van der Waals surface area contributed by atoms with Gasteiger partial charge in [-0.25, -0.2) is 19.3 Å². The van der Waals surface area contributed by atoms with Crippen LogP contribution in [0.1, 0.15) is 62.5 Å². The van der Waals surface area contributed by atoms with Gasteiger partial charge in [0, 0.05) is 43.6 Å². The summed E-state index contributed by atoms with van der Waals surface area (Å²) in [5.41, 5.74) is 1.62. The van der Waals surface area contributed by atoms with Gasteiger partial charge in [0.15, 0.2) is 5.82 Å². The van der Waals surface area contributed by atoms with E-state index < -0.39 is 7.49 Å². The first-order valence-corrected chi connectivity index (χ1v) is 17.2. The highest BCUT2D eigenvalue weighted by Crippen LogP contribution is 2.58. The fourth-order valence-electron chi connectivity index (χ4n) is 7.02. The van der Waals surface area contributed by atoms with Crippen molar-refractivity contribution in [3.8, 4) is 0 Å². The molecule has 2 saturated heterocycles. The van der Waals surface area contributed by atoms with E-state index in [4.69, 9.17) is 9.98 Å². The van der Waals surface area contributed by atoms with Crippen LogP contribution in [-0.4, -0.2) is 112 Å². The Morgan fingerprint density at radius 1 is 1.24 bits per heavy atom. The average molecular weight is 542 g/mol. The van der Waals surface area contributed by atoms with E-state index in [9.17, 15) is 9.69 Å². The van der Waals surface area contributed by atoms with Crippen LogP contribution < -0.4 is 0 Å². The normalized spacial score (nSPS) is 31.2. The van der Waals surface area contributed by atoms with Gasteiger partial charge in [-0.05, 0) is 50.7 Å². The van der Waals surface area contributed by atoms with E-state index in [-0.39, 0.29) is 6.03 Å². The maximum Gasteiger partial charge on any atom is 0.419 e. The topological polar surface area (TPSA) is 97.7 Å². The quantitative estimate of drug-likeness (QED) is 0.404. The molecule has 5 aliphatic rings. The molecule has 4 heterocycles. The van der Waals surface area contributed by atoms with Crippen molar-refractivity contribution in [2.75, 3.05) is 65.8 Å². The van der Waals surface area contributed by atoms with Crippen LogP contribution in [0.15, 0.2) is 28.9 Å². The highest BCUT2D eigenvalue weighted by molar-refractivity contribution is 7.68. The molecule has 206 valence electrons. The second kappa shape index (κ2) is 9.53. The number of aromatic amines is 1. The zero-order valence-electron chi connectivity index (χ0n) is 23.4. The van der Waals surface area contributed by atoms with E-state index in [1.165, 1.54) is 18.4 Å². The van der Waals surface area contributed by atoms with Gasteiger partial charge in [-0.1, -0.05) is 6.08 Å². The lowest BCUT2D eigenvalue weighted by Gasteiger charge is -2.61. The van der Waals surface area contributed by atoms with Gasteiger partial charge in [0.25, 0.3) is 0 Å². The molecule has 0 bridgehead atoms. The first-order chi connectivity index (χ1) is 18.1. The predicted molar refractivity (Wildman–Crippen MR) is 152 cm³/mol. The lowest BCUT2D eigenvalue weighted by atomic mass is 9.56. The number of amidine groups is 1. The summed E-state index contributed by atoms with van der Waals surface area (Å²) in [7, 11) is 0.314. The Bertz CT molecular complexity index is 1160. The van der Waals surface area contributed by atoms with Crippen LogP contribution in [0.3, 0.4) is 0 Å². The lowest BCUT2D eigenvalue weighted by Crippen LogP contribution is -2.76. The summed E-state index contributed by atoms with van der Waals surface area (Å²) in [5, 5.41) is 7.64. The summed E-state index contributed by atoms with van der Waals surface area (Å²) in [5.74, 6) is 4.51. The van der Waals surface area contributed by atoms with E-state index in [2.05, 4.69) is 46.1 Å². The zero-order chi connectivity index (χ0) is 26.7. The van der Waals surface area contributed by atoms with Crippen LogP contribution in [-0.2, 0) is 0 Å². The number of aliphatic imine (C=N–C) groups is 1. The van der Waals surface area contributed by atoms with Gasteiger partial charge in [0.05, 0.1) is 45.4 Å². The monoisotopic (exact) mass is 541 g/mol. The third-order valence-corrected chi connectivity index (χ3v) is 10.6. The number of carbonyl (C=O) groups excluding carboxylic acids is 1. The molecule has 38 heavy (non-hydrogen) atoms. The number of aromatic nitrogens is 3. The number of nitrogens with one attached hydrogen (secondary N) is 1. The Hall–Kier alpha value is -2.09. The van der Waals surface area contributed by atoms with E-state index in [0.29, 0.717) is 27.7 Å². The van der Waals surface area contributed by atoms with Gasteiger partial charge in [-0.15, -0.1) is 0 Å². The number of quaternary nitrogens is 1. The molecule has 2 N–H and O–H groups in total. The minimum Gasteiger partial charge on any atom is -0.353 e. The predicted octanol–water partition coefficient (Wildman–Crippen LogP) is 3.81. The fourth-order valence-corrected chi connectivity index (χ4v) is 7.75. The average Bonchev–Trinajstić information content (AvgIpc) is 3.57. The molecule has 0 unspecified atom stereocenters.